The maximum Gasteiger partial charge on any atom is 0.217 e. The van der Waals surface area contributed by atoms with Crippen molar-refractivity contribution >= 4 is 5.91 Å². The van der Waals surface area contributed by atoms with Crippen LogP contribution in [0.1, 0.15) is 38.5 Å². The molecule has 3 saturated carbocycles. The van der Waals surface area contributed by atoms with Crippen LogP contribution in [0.4, 0.5) is 0 Å². The standard InChI is InChI=1S/C12H19NO/c13-12(14)6-10-3-7-1-8-4-9(2-7)11(10)5-8/h7-11H,1-6H2,(H2,13,14)/t7-,8+,9-,10?,11+/m0/s1. The van der Waals surface area contributed by atoms with E-state index in [9.17, 15) is 4.79 Å². The summed E-state index contributed by atoms with van der Waals surface area (Å²) < 4.78 is 0. The molecule has 0 aliphatic heterocycles. The van der Waals surface area contributed by atoms with E-state index in [1.165, 1.54) is 32.1 Å². The van der Waals surface area contributed by atoms with Crippen LogP contribution >= 0.6 is 0 Å². The van der Waals surface area contributed by atoms with E-state index < -0.39 is 0 Å². The average Bonchev–Trinajstić information content (AvgIpc) is 2.32. The van der Waals surface area contributed by atoms with Crippen molar-refractivity contribution < 1.29 is 4.79 Å². The van der Waals surface area contributed by atoms with Gasteiger partial charge in [0.2, 0.25) is 5.91 Å². The summed E-state index contributed by atoms with van der Waals surface area (Å²) in [5.41, 5.74) is 5.33. The van der Waals surface area contributed by atoms with Crippen molar-refractivity contribution in [3.8, 4) is 0 Å². The highest BCUT2D eigenvalue weighted by molar-refractivity contribution is 5.74. The zero-order valence-corrected chi connectivity index (χ0v) is 8.61. The van der Waals surface area contributed by atoms with Crippen molar-refractivity contribution in [3.63, 3.8) is 0 Å². The van der Waals surface area contributed by atoms with Gasteiger partial charge in [0.15, 0.2) is 0 Å². The summed E-state index contributed by atoms with van der Waals surface area (Å²) in [4.78, 5) is 11.0. The summed E-state index contributed by atoms with van der Waals surface area (Å²) in [6, 6.07) is 0. The fourth-order valence-corrected chi connectivity index (χ4v) is 4.60. The topological polar surface area (TPSA) is 43.1 Å². The summed E-state index contributed by atoms with van der Waals surface area (Å²) in [7, 11) is 0. The molecule has 0 saturated heterocycles. The SMILES string of the molecule is NC(=O)CC1C[C@H]2C[C@@H]3C[C@H](C2)[C@H]1C3. The van der Waals surface area contributed by atoms with Crippen LogP contribution in [0, 0.1) is 29.6 Å². The van der Waals surface area contributed by atoms with Gasteiger partial charge in [0, 0.05) is 6.42 Å². The Balaban J connectivity index is 1.79. The van der Waals surface area contributed by atoms with Gasteiger partial charge in [-0.25, -0.2) is 0 Å². The Morgan fingerprint density at radius 3 is 2.50 bits per heavy atom. The molecule has 1 amide bonds. The monoisotopic (exact) mass is 193 g/mol. The molecule has 2 nitrogen and oxygen atoms in total. The second-order valence-corrected chi connectivity index (χ2v) is 5.77. The van der Waals surface area contributed by atoms with E-state index in [1.54, 1.807) is 0 Å². The van der Waals surface area contributed by atoms with Crippen LogP contribution in [0.2, 0.25) is 0 Å². The van der Waals surface area contributed by atoms with Gasteiger partial charge in [-0.05, 0) is 61.7 Å². The lowest BCUT2D eigenvalue weighted by Gasteiger charge is -2.39. The third-order valence-corrected chi connectivity index (χ3v) is 4.85. The zero-order valence-electron chi connectivity index (χ0n) is 8.61. The first-order valence-electron chi connectivity index (χ1n) is 6.00. The summed E-state index contributed by atoms with van der Waals surface area (Å²) in [5, 5.41) is 0. The first kappa shape index (κ1) is 8.75. The van der Waals surface area contributed by atoms with E-state index in [-0.39, 0.29) is 5.91 Å². The molecular weight excluding hydrogens is 174 g/mol. The van der Waals surface area contributed by atoms with Gasteiger partial charge in [0.1, 0.15) is 0 Å². The number of carbonyl (C=O) groups excluding carboxylic acids is 1. The highest BCUT2D eigenvalue weighted by Crippen LogP contribution is 2.57. The highest BCUT2D eigenvalue weighted by Gasteiger charge is 2.48. The molecule has 1 unspecified atom stereocenters. The lowest BCUT2D eigenvalue weighted by atomic mass is 9.66. The molecule has 78 valence electrons. The van der Waals surface area contributed by atoms with Crippen LogP contribution in [0.5, 0.6) is 0 Å². The maximum absolute atomic E-state index is 11.0. The molecule has 2 heteroatoms. The number of hydrogen-bond acceptors (Lipinski definition) is 1. The Bertz CT molecular complexity index is 261. The molecule has 3 bridgehead atoms. The Morgan fingerprint density at radius 1 is 1.07 bits per heavy atom. The van der Waals surface area contributed by atoms with Crippen molar-refractivity contribution in [2.45, 2.75) is 38.5 Å². The van der Waals surface area contributed by atoms with Crippen LogP contribution in [-0.2, 0) is 4.79 Å². The summed E-state index contributed by atoms with van der Waals surface area (Å²) in [6.45, 7) is 0. The second-order valence-electron chi connectivity index (χ2n) is 5.77. The largest absolute Gasteiger partial charge is 0.370 e. The number of carbonyl (C=O) groups is 1. The van der Waals surface area contributed by atoms with Gasteiger partial charge in [-0.15, -0.1) is 0 Å². The van der Waals surface area contributed by atoms with Gasteiger partial charge in [-0.1, -0.05) is 0 Å². The minimum absolute atomic E-state index is 0.0836. The molecule has 0 heterocycles. The molecule has 14 heavy (non-hydrogen) atoms. The zero-order chi connectivity index (χ0) is 9.71. The number of hydrogen-bond donors (Lipinski definition) is 1. The molecular formula is C12H19NO. The number of rotatable bonds is 2. The Kier molecular flexibility index (Phi) is 1.86. The van der Waals surface area contributed by atoms with Crippen molar-refractivity contribution in [2.75, 3.05) is 0 Å². The van der Waals surface area contributed by atoms with Gasteiger partial charge in [-0.2, -0.15) is 0 Å². The van der Waals surface area contributed by atoms with Gasteiger partial charge < -0.3 is 5.73 Å². The maximum atomic E-state index is 11.0. The van der Waals surface area contributed by atoms with Crippen LogP contribution < -0.4 is 5.73 Å². The lowest BCUT2D eigenvalue weighted by molar-refractivity contribution is -0.119. The summed E-state index contributed by atoms with van der Waals surface area (Å²) in [5.74, 6) is 4.30. The van der Waals surface area contributed by atoms with Gasteiger partial charge in [0.05, 0.1) is 0 Å². The first-order valence-corrected chi connectivity index (χ1v) is 6.00. The molecule has 0 aromatic carbocycles. The van der Waals surface area contributed by atoms with E-state index in [0.717, 1.165) is 23.7 Å². The van der Waals surface area contributed by atoms with Crippen molar-refractivity contribution in [2.24, 2.45) is 35.3 Å². The third kappa shape index (κ3) is 1.27. The van der Waals surface area contributed by atoms with Crippen molar-refractivity contribution in [1.82, 2.24) is 0 Å². The van der Waals surface area contributed by atoms with Gasteiger partial charge >= 0.3 is 0 Å². The Labute approximate surface area is 85.2 Å². The average molecular weight is 193 g/mol. The van der Waals surface area contributed by atoms with E-state index >= 15 is 0 Å². The Morgan fingerprint density at radius 2 is 1.79 bits per heavy atom. The fraction of sp³-hybridized carbons (Fsp3) is 0.917. The smallest absolute Gasteiger partial charge is 0.217 e. The minimum atomic E-state index is -0.0836. The molecule has 5 atom stereocenters. The number of amides is 1. The fourth-order valence-electron chi connectivity index (χ4n) is 4.60. The molecule has 0 radical (unpaired) electrons. The predicted molar refractivity (Wildman–Crippen MR) is 54.3 cm³/mol. The summed E-state index contributed by atoms with van der Waals surface area (Å²) in [6.07, 6.45) is 7.71. The van der Waals surface area contributed by atoms with E-state index in [1.807, 2.05) is 0 Å². The molecule has 3 aliphatic carbocycles. The normalized spacial score (nSPS) is 49.6. The first-order chi connectivity index (χ1) is 6.72. The van der Waals surface area contributed by atoms with Crippen LogP contribution in [0.3, 0.4) is 0 Å². The number of fused-ring (bicyclic) bond motifs is 2. The predicted octanol–water partition coefficient (Wildman–Crippen LogP) is 1.93. The molecule has 2 N–H and O–H groups in total. The third-order valence-electron chi connectivity index (χ3n) is 4.85. The molecule has 3 aliphatic rings. The summed E-state index contributed by atoms with van der Waals surface area (Å²) >= 11 is 0. The molecule has 0 aromatic rings. The highest BCUT2D eigenvalue weighted by atomic mass is 16.1. The van der Waals surface area contributed by atoms with E-state index in [0.29, 0.717) is 12.3 Å². The Hall–Kier alpha value is -0.530. The quantitative estimate of drug-likeness (QED) is 0.715. The lowest BCUT2D eigenvalue weighted by Crippen LogP contribution is -2.32. The molecule has 0 aromatic heterocycles. The number of primary amides is 1. The second kappa shape index (κ2) is 2.98. The molecule has 0 spiro atoms. The molecule has 3 fully saturated rings. The van der Waals surface area contributed by atoms with Crippen LogP contribution in [0.15, 0.2) is 0 Å². The van der Waals surface area contributed by atoms with Crippen molar-refractivity contribution in [3.05, 3.63) is 0 Å². The van der Waals surface area contributed by atoms with Gasteiger partial charge in [-0.3, -0.25) is 4.79 Å². The van der Waals surface area contributed by atoms with Crippen molar-refractivity contribution in [1.29, 1.82) is 0 Å². The van der Waals surface area contributed by atoms with Crippen LogP contribution in [-0.4, -0.2) is 5.91 Å². The number of nitrogens with two attached hydrogens (primary N) is 1. The minimum Gasteiger partial charge on any atom is -0.370 e. The van der Waals surface area contributed by atoms with Crippen LogP contribution in [0.25, 0.3) is 0 Å². The molecule has 3 rings (SSSR count). The van der Waals surface area contributed by atoms with E-state index in [4.69, 9.17) is 5.73 Å². The van der Waals surface area contributed by atoms with E-state index in [2.05, 4.69) is 0 Å². The van der Waals surface area contributed by atoms with Gasteiger partial charge in [0.25, 0.3) is 0 Å².